The van der Waals surface area contributed by atoms with Gasteiger partial charge in [-0.15, -0.1) is 0 Å². The molecule has 0 spiro atoms. The third-order valence-corrected chi connectivity index (χ3v) is 10.1. The van der Waals surface area contributed by atoms with Gasteiger partial charge < -0.3 is 21.7 Å². The van der Waals surface area contributed by atoms with Crippen molar-refractivity contribution in [3.8, 4) is 11.4 Å². The SMILES string of the molecule is NC1(c2ccnc(-c3cnn(S(=O)(=O)C4CC4)c3)n2)C=C(NC2CCC(NCCF)CC2)C(c2ccn(CC(F)F)n2)=CN1. The summed E-state index contributed by atoms with van der Waals surface area (Å²) in [6.07, 6.45) is 11.5. The number of aromatic nitrogens is 6. The van der Waals surface area contributed by atoms with Gasteiger partial charge in [0, 0.05) is 48.5 Å². The lowest BCUT2D eigenvalue weighted by Crippen LogP contribution is -2.50. The van der Waals surface area contributed by atoms with Crippen molar-refractivity contribution in [1.29, 1.82) is 0 Å². The van der Waals surface area contributed by atoms with E-state index in [1.807, 2.05) is 0 Å². The molecule has 0 radical (unpaired) electrons. The predicted molar refractivity (Wildman–Crippen MR) is 157 cm³/mol. The summed E-state index contributed by atoms with van der Waals surface area (Å²) in [6, 6.07) is 3.68. The van der Waals surface area contributed by atoms with E-state index in [9.17, 15) is 21.6 Å². The fourth-order valence-electron chi connectivity index (χ4n) is 5.57. The molecular formula is C28H35F3N10O2S. The van der Waals surface area contributed by atoms with Gasteiger partial charge >= 0.3 is 0 Å². The molecule has 2 aliphatic carbocycles. The van der Waals surface area contributed by atoms with E-state index in [0.717, 1.165) is 29.8 Å². The summed E-state index contributed by atoms with van der Waals surface area (Å²) >= 11 is 0. The Hall–Kier alpha value is -3.76. The molecule has 236 valence electrons. The van der Waals surface area contributed by atoms with Gasteiger partial charge in [0.1, 0.15) is 13.2 Å². The first kappa shape index (κ1) is 30.3. The number of halogens is 3. The van der Waals surface area contributed by atoms with Crippen LogP contribution in [0.5, 0.6) is 0 Å². The van der Waals surface area contributed by atoms with Crippen LogP contribution in [0, 0.1) is 0 Å². The molecule has 2 fully saturated rings. The zero-order valence-corrected chi connectivity index (χ0v) is 24.7. The Morgan fingerprint density at radius 3 is 2.64 bits per heavy atom. The Morgan fingerprint density at radius 1 is 1.14 bits per heavy atom. The van der Waals surface area contributed by atoms with Gasteiger partial charge in [0.25, 0.3) is 16.4 Å². The summed E-state index contributed by atoms with van der Waals surface area (Å²) in [7, 11) is -3.55. The van der Waals surface area contributed by atoms with E-state index >= 15 is 0 Å². The highest BCUT2D eigenvalue weighted by Crippen LogP contribution is 2.32. The number of dihydropyridines is 1. The van der Waals surface area contributed by atoms with Gasteiger partial charge in [-0.1, -0.05) is 0 Å². The lowest BCUT2D eigenvalue weighted by Gasteiger charge is -2.35. The van der Waals surface area contributed by atoms with E-state index in [2.05, 4.69) is 36.1 Å². The molecule has 1 atom stereocenters. The Morgan fingerprint density at radius 2 is 1.91 bits per heavy atom. The van der Waals surface area contributed by atoms with Gasteiger partial charge in [-0.3, -0.25) is 4.68 Å². The minimum atomic E-state index is -3.55. The van der Waals surface area contributed by atoms with Gasteiger partial charge in [0.05, 0.1) is 34.6 Å². The van der Waals surface area contributed by atoms with E-state index in [4.69, 9.17) is 5.73 Å². The summed E-state index contributed by atoms with van der Waals surface area (Å²) in [6.45, 7) is -0.594. The average Bonchev–Trinajstić information content (AvgIpc) is 3.58. The summed E-state index contributed by atoms with van der Waals surface area (Å²) < 4.78 is 66.0. The molecule has 3 aromatic rings. The zero-order valence-electron chi connectivity index (χ0n) is 23.9. The maximum absolute atomic E-state index is 13.0. The number of hydrogen-bond donors (Lipinski definition) is 4. The number of allylic oxidation sites excluding steroid dienone is 1. The molecule has 1 aliphatic heterocycles. The molecule has 3 aliphatic rings. The number of alkyl halides is 3. The van der Waals surface area contributed by atoms with Crippen molar-refractivity contribution < 1.29 is 21.6 Å². The van der Waals surface area contributed by atoms with Crippen LogP contribution in [-0.4, -0.2) is 74.3 Å². The molecule has 2 saturated carbocycles. The molecule has 3 aromatic heterocycles. The number of rotatable bonds is 12. The lowest BCUT2D eigenvalue weighted by atomic mass is 9.89. The molecule has 0 saturated heterocycles. The van der Waals surface area contributed by atoms with E-state index in [0.29, 0.717) is 47.6 Å². The topological polar surface area (TPSA) is 158 Å². The smallest absolute Gasteiger partial charge is 0.257 e. The van der Waals surface area contributed by atoms with Gasteiger partial charge in [-0.2, -0.15) is 14.3 Å². The fraction of sp³-hybridized carbons (Fsp3) is 0.500. The highest BCUT2D eigenvalue weighted by atomic mass is 32.2. The van der Waals surface area contributed by atoms with Crippen LogP contribution >= 0.6 is 0 Å². The number of nitrogens with two attached hydrogens (primary N) is 1. The molecule has 16 heteroatoms. The predicted octanol–water partition coefficient (Wildman–Crippen LogP) is 2.24. The summed E-state index contributed by atoms with van der Waals surface area (Å²) in [5, 5.41) is 18.0. The first-order valence-corrected chi connectivity index (χ1v) is 16.2. The van der Waals surface area contributed by atoms with Crippen LogP contribution in [-0.2, 0) is 22.2 Å². The first-order valence-electron chi connectivity index (χ1n) is 14.7. The van der Waals surface area contributed by atoms with Crippen molar-refractivity contribution in [2.75, 3.05) is 13.2 Å². The van der Waals surface area contributed by atoms with Gasteiger partial charge in [-0.05, 0) is 56.7 Å². The molecule has 44 heavy (non-hydrogen) atoms. The summed E-state index contributed by atoms with van der Waals surface area (Å²) in [4.78, 5) is 8.98. The lowest BCUT2D eigenvalue weighted by molar-refractivity contribution is 0.122. The number of nitrogens with zero attached hydrogens (tertiary/aromatic N) is 6. The second-order valence-electron chi connectivity index (χ2n) is 11.4. The monoisotopic (exact) mass is 632 g/mol. The maximum Gasteiger partial charge on any atom is 0.257 e. The molecule has 4 heterocycles. The molecular weight excluding hydrogens is 597 g/mol. The zero-order chi connectivity index (χ0) is 30.9. The minimum absolute atomic E-state index is 0.0961. The van der Waals surface area contributed by atoms with Gasteiger partial charge in [0.2, 0.25) is 0 Å². The highest BCUT2D eigenvalue weighted by molar-refractivity contribution is 7.90. The van der Waals surface area contributed by atoms with E-state index in [-0.39, 0.29) is 17.9 Å². The molecule has 0 amide bonds. The maximum atomic E-state index is 13.0. The largest absolute Gasteiger partial charge is 0.382 e. The van der Waals surface area contributed by atoms with Gasteiger partial charge in [0.15, 0.2) is 11.5 Å². The summed E-state index contributed by atoms with van der Waals surface area (Å²) in [5.74, 6) is 0.258. The Kier molecular flexibility index (Phi) is 8.48. The van der Waals surface area contributed by atoms with Gasteiger partial charge in [-0.25, -0.2) is 31.6 Å². The fourth-order valence-corrected chi connectivity index (χ4v) is 7.05. The van der Waals surface area contributed by atoms with E-state index < -0.39 is 40.6 Å². The first-order chi connectivity index (χ1) is 21.1. The van der Waals surface area contributed by atoms with Crippen molar-refractivity contribution in [2.24, 2.45) is 5.73 Å². The van der Waals surface area contributed by atoms with Crippen LogP contribution < -0.4 is 21.7 Å². The Labute approximate surface area is 253 Å². The number of hydrogen-bond acceptors (Lipinski definition) is 10. The quantitative estimate of drug-likeness (QED) is 0.233. The van der Waals surface area contributed by atoms with Crippen molar-refractivity contribution in [3.05, 3.63) is 66.3 Å². The third-order valence-electron chi connectivity index (χ3n) is 8.08. The van der Waals surface area contributed by atoms with E-state index in [1.54, 1.807) is 30.6 Å². The van der Waals surface area contributed by atoms with Crippen LogP contribution in [0.2, 0.25) is 0 Å². The van der Waals surface area contributed by atoms with Crippen LogP contribution in [0.25, 0.3) is 17.0 Å². The third kappa shape index (κ3) is 6.51. The Bertz CT molecular complexity index is 1640. The van der Waals surface area contributed by atoms with Crippen LogP contribution in [0.4, 0.5) is 13.2 Å². The standard InChI is InChI=1S/C28H35F3N10O2S/c29-9-11-33-19-1-3-20(4-2-19)37-24-13-28(32,35-15-22(24)23-8-12-40(39-23)17-26(30)31)25-7-10-34-27(38-25)18-14-36-41(16-18)44(42,43)21-5-6-21/h7-8,10,12-16,19-21,26,33,35,37H,1-6,9,11,17,32H2. The van der Waals surface area contributed by atoms with Crippen molar-refractivity contribution >= 4 is 15.6 Å². The second kappa shape index (κ2) is 12.3. The summed E-state index contributed by atoms with van der Waals surface area (Å²) in [5.41, 5.74) is 8.23. The average molecular weight is 633 g/mol. The molecule has 5 N–H and O–H groups in total. The van der Waals surface area contributed by atoms with Crippen LogP contribution in [0.1, 0.15) is 49.9 Å². The Balaban J connectivity index is 1.27. The van der Waals surface area contributed by atoms with Crippen LogP contribution in [0.15, 0.2) is 54.9 Å². The van der Waals surface area contributed by atoms with Crippen molar-refractivity contribution in [2.45, 2.75) is 74.5 Å². The van der Waals surface area contributed by atoms with Crippen molar-refractivity contribution in [3.63, 3.8) is 0 Å². The number of nitrogens with one attached hydrogen (secondary N) is 3. The van der Waals surface area contributed by atoms with E-state index in [1.165, 1.54) is 23.3 Å². The molecule has 0 aromatic carbocycles. The molecule has 1 unspecified atom stereocenters. The van der Waals surface area contributed by atoms with Crippen molar-refractivity contribution in [1.82, 2.24) is 44.9 Å². The normalized spacial score (nSPS) is 24.1. The molecule has 12 nitrogen and oxygen atoms in total. The van der Waals surface area contributed by atoms with Crippen LogP contribution in [0.3, 0.4) is 0 Å². The molecule has 6 rings (SSSR count). The minimum Gasteiger partial charge on any atom is -0.382 e. The second-order valence-corrected chi connectivity index (χ2v) is 13.5. The highest BCUT2D eigenvalue weighted by Gasteiger charge is 2.38. The molecule has 0 bridgehead atoms.